The van der Waals surface area contributed by atoms with Gasteiger partial charge in [0.1, 0.15) is 0 Å². The maximum atomic E-state index is 12.3. The van der Waals surface area contributed by atoms with Gasteiger partial charge in [-0.1, -0.05) is 37.3 Å². The van der Waals surface area contributed by atoms with Crippen LogP contribution in [0.4, 0.5) is 5.69 Å². The highest BCUT2D eigenvalue weighted by atomic mass is 16.2. The van der Waals surface area contributed by atoms with E-state index in [-0.39, 0.29) is 36.5 Å². The number of hydrogen-bond donors (Lipinski definition) is 1. The minimum atomic E-state index is -0.195. The van der Waals surface area contributed by atoms with Crippen LogP contribution in [0.5, 0.6) is 0 Å². The fourth-order valence-electron chi connectivity index (χ4n) is 2.87. The van der Waals surface area contributed by atoms with Gasteiger partial charge in [0.25, 0.3) is 5.91 Å². The van der Waals surface area contributed by atoms with Crippen LogP contribution >= 0.6 is 0 Å². The van der Waals surface area contributed by atoms with Gasteiger partial charge in [-0.2, -0.15) is 0 Å². The number of amides is 3. The molecule has 0 saturated carbocycles. The summed E-state index contributed by atoms with van der Waals surface area (Å²) in [5.41, 5.74) is 2.19. The Balaban J connectivity index is 1.61. The van der Waals surface area contributed by atoms with Crippen molar-refractivity contribution in [2.75, 3.05) is 11.4 Å². The Morgan fingerprint density at radius 2 is 1.60 bits per heavy atom. The lowest BCUT2D eigenvalue weighted by molar-refractivity contribution is -0.121. The van der Waals surface area contributed by atoms with Crippen molar-refractivity contribution >= 4 is 23.4 Å². The zero-order valence-electron chi connectivity index (χ0n) is 14.1. The summed E-state index contributed by atoms with van der Waals surface area (Å²) in [6.07, 6.45) is 0.497. The molecule has 0 unspecified atom stereocenters. The quantitative estimate of drug-likeness (QED) is 0.854. The van der Waals surface area contributed by atoms with Crippen molar-refractivity contribution in [1.82, 2.24) is 5.32 Å². The van der Waals surface area contributed by atoms with Gasteiger partial charge in [0.2, 0.25) is 11.8 Å². The van der Waals surface area contributed by atoms with Crippen LogP contribution < -0.4 is 10.2 Å². The fraction of sp³-hybridized carbons (Fsp3) is 0.250. The summed E-state index contributed by atoms with van der Waals surface area (Å²) < 4.78 is 0. The highest BCUT2D eigenvalue weighted by Gasteiger charge is 2.30. The van der Waals surface area contributed by atoms with Gasteiger partial charge in [-0.15, -0.1) is 0 Å². The van der Waals surface area contributed by atoms with Gasteiger partial charge >= 0.3 is 0 Å². The van der Waals surface area contributed by atoms with Crippen LogP contribution in [0.2, 0.25) is 0 Å². The third-order valence-corrected chi connectivity index (χ3v) is 4.38. The highest BCUT2D eigenvalue weighted by Crippen LogP contribution is 2.22. The zero-order chi connectivity index (χ0) is 17.8. The van der Waals surface area contributed by atoms with Crippen LogP contribution in [0, 0.1) is 0 Å². The minimum Gasteiger partial charge on any atom is -0.351 e. The largest absolute Gasteiger partial charge is 0.351 e. The van der Waals surface area contributed by atoms with Crippen molar-refractivity contribution in [3.8, 4) is 0 Å². The number of hydrogen-bond acceptors (Lipinski definition) is 3. The van der Waals surface area contributed by atoms with Gasteiger partial charge in [0.15, 0.2) is 0 Å². The third-order valence-electron chi connectivity index (χ3n) is 4.38. The molecule has 3 rings (SSSR count). The van der Waals surface area contributed by atoms with Crippen molar-refractivity contribution < 1.29 is 14.4 Å². The van der Waals surface area contributed by atoms with E-state index in [0.717, 1.165) is 0 Å². The lowest BCUT2D eigenvalue weighted by atomic mass is 10.0. The van der Waals surface area contributed by atoms with E-state index < -0.39 is 0 Å². The van der Waals surface area contributed by atoms with E-state index in [0.29, 0.717) is 17.8 Å². The molecule has 0 spiro atoms. The average Bonchev–Trinajstić information content (AvgIpc) is 2.98. The second-order valence-corrected chi connectivity index (χ2v) is 6.19. The molecule has 128 valence electrons. The lowest BCUT2D eigenvalue weighted by Gasteiger charge is -2.15. The molecule has 2 aromatic rings. The first kappa shape index (κ1) is 16.9. The molecule has 0 aromatic heterocycles. The lowest BCUT2D eigenvalue weighted by Crippen LogP contribution is -2.29. The molecule has 1 fully saturated rings. The first-order valence-electron chi connectivity index (χ1n) is 8.35. The van der Waals surface area contributed by atoms with Crippen molar-refractivity contribution in [3.63, 3.8) is 0 Å². The van der Waals surface area contributed by atoms with E-state index in [2.05, 4.69) is 12.2 Å². The maximum absolute atomic E-state index is 12.3. The summed E-state index contributed by atoms with van der Waals surface area (Å²) in [7, 11) is 0. The molecule has 3 amide bonds. The minimum absolute atomic E-state index is 0.173. The van der Waals surface area contributed by atoms with Gasteiger partial charge < -0.3 is 5.32 Å². The molecule has 0 bridgehead atoms. The SMILES string of the molecule is C[C@@H](CNC(=O)c1ccc(N2C(=O)CCC2=O)cc1)c1ccccc1. The molecule has 25 heavy (non-hydrogen) atoms. The Labute approximate surface area is 146 Å². The Kier molecular flexibility index (Phi) is 4.93. The molecule has 1 aliphatic rings. The number of carbonyl (C=O) groups excluding carboxylic acids is 3. The summed E-state index contributed by atoms with van der Waals surface area (Å²) in [6, 6.07) is 16.5. The number of nitrogens with zero attached hydrogens (tertiary/aromatic N) is 1. The highest BCUT2D eigenvalue weighted by molar-refractivity contribution is 6.19. The molecule has 1 atom stereocenters. The van der Waals surface area contributed by atoms with Gasteiger partial charge in [-0.25, -0.2) is 0 Å². The van der Waals surface area contributed by atoms with Crippen molar-refractivity contribution in [2.45, 2.75) is 25.7 Å². The van der Waals surface area contributed by atoms with Crippen molar-refractivity contribution in [1.29, 1.82) is 0 Å². The predicted molar refractivity (Wildman–Crippen MR) is 95.4 cm³/mol. The van der Waals surface area contributed by atoms with Crippen LogP contribution in [0.15, 0.2) is 54.6 Å². The first-order valence-corrected chi connectivity index (χ1v) is 8.35. The number of carbonyl (C=O) groups is 3. The molecule has 2 aromatic carbocycles. The number of benzene rings is 2. The number of imide groups is 1. The van der Waals surface area contributed by atoms with Crippen LogP contribution in [0.1, 0.15) is 41.6 Å². The van der Waals surface area contributed by atoms with Crippen molar-refractivity contribution in [3.05, 3.63) is 65.7 Å². The van der Waals surface area contributed by atoms with E-state index >= 15 is 0 Å². The van der Waals surface area contributed by atoms with Gasteiger partial charge in [-0.3, -0.25) is 19.3 Å². The third kappa shape index (κ3) is 3.76. The summed E-state index contributed by atoms with van der Waals surface area (Å²) in [6.45, 7) is 2.59. The zero-order valence-corrected chi connectivity index (χ0v) is 14.1. The smallest absolute Gasteiger partial charge is 0.251 e. The van der Waals surface area contributed by atoms with Crippen LogP contribution in [0.3, 0.4) is 0 Å². The maximum Gasteiger partial charge on any atom is 0.251 e. The molecule has 1 N–H and O–H groups in total. The second kappa shape index (κ2) is 7.30. The molecular formula is C20H20N2O3. The Bertz CT molecular complexity index is 768. The number of anilines is 1. The molecule has 1 heterocycles. The predicted octanol–water partition coefficient (Wildman–Crippen LogP) is 2.87. The molecule has 5 heteroatoms. The monoisotopic (exact) mass is 336 g/mol. The summed E-state index contributed by atoms with van der Waals surface area (Å²) >= 11 is 0. The van der Waals surface area contributed by atoms with Gasteiger partial charge in [0.05, 0.1) is 5.69 Å². The Morgan fingerprint density at radius 3 is 2.20 bits per heavy atom. The van der Waals surface area contributed by atoms with E-state index in [9.17, 15) is 14.4 Å². The molecular weight excluding hydrogens is 316 g/mol. The Hall–Kier alpha value is -2.95. The standard InChI is InChI=1S/C20H20N2O3/c1-14(15-5-3-2-4-6-15)13-21-20(25)16-7-9-17(10-8-16)22-18(23)11-12-19(22)24/h2-10,14H,11-13H2,1H3,(H,21,25)/t14-/m0/s1. The summed E-state index contributed by atoms with van der Waals surface area (Å²) in [5, 5.41) is 2.92. The van der Waals surface area contributed by atoms with Crippen LogP contribution in [0.25, 0.3) is 0 Å². The van der Waals surface area contributed by atoms with E-state index in [1.54, 1.807) is 24.3 Å². The molecule has 5 nitrogen and oxygen atoms in total. The van der Waals surface area contributed by atoms with Crippen molar-refractivity contribution in [2.24, 2.45) is 0 Å². The average molecular weight is 336 g/mol. The normalized spacial score (nSPS) is 15.3. The Morgan fingerprint density at radius 1 is 1.00 bits per heavy atom. The van der Waals surface area contributed by atoms with E-state index in [1.165, 1.54) is 10.5 Å². The first-order chi connectivity index (χ1) is 12.1. The fourth-order valence-corrected chi connectivity index (χ4v) is 2.87. The molecule has 0 radical (unpaired) electrons. The van der Waals surface area contributed by atoms with Gasteiger partial charge in [-0.05, 0) is 35.7 Å². The molecule has 1 aliphatic heterocycles. The van der Waals surface area contributed by atoms with Gasteiger partial charge in [0, 0.05) is 24.9 Å². The van der Waals surface area contributed by atoms with E-state index in [4.69, 9.17) is 0 Å². The summed E-state index contributed by atoms with van der Waals surface area (Å²) in [5.74, 6) is -0.351. The molecule has 0 aliphatic carbocycles. The second-order valence-electron chi connectivity index (χ2n) is 6.19. The summed E-state index contributed by atoms with van der Waals surface area (Å²) in [4.78, 5) is 36.9. The topological polar surface area (TPSA) is 66.5 Å². The molecule has 1 saturated heterocycles. The van der Waals surface area contributed by atoms with E-state index in [1.807, 2.05) is 30.3 Å². The van der Waals surface area contributed by atoms with Crippen LogP contribution in [-0.2, 0) is 9.59 Å². The number of nitrogens with one attached hydrogen (secondary N) is 1. The van der Waals surface area contributed by atoms with Crippen LogP contribution in [-0.4, -0.2) is 24.3 Å². The number of rotatable bonds is 5.